The molecule has 6 nitrogen and oxygen atoms in total. The highest BCUT2D eigenvalue weighted by Crippen LogP contribution is 2.11. The van der Waals surface area contributed by atoms with E-state index >= 15 is 0 Å². The molecule has 0 aliphatic heterocycles. The third kappa shape index (κ3) is 7.08. The molecule has 1 radical (unpaired) electrons. The Morgan fingerprint density at radius 2 is 1.64 bits per heavy atom. The zero-order valence-electron chi connectivity index (χ0n) is 12.2. The van der Waals surface area contributed by atoms with Crippen LogP contribution in [0.25, 0.3) is 0 Å². The van der Waals surface area contributed by atoms with Crippen molar-refractivity contribution < 1.29 is 19.9 Å². The third-order valence-corrected chi connectivity index (χ3v) is 2.67. The van der Waals surface area contributed by atoms with Gasteiger partial charge >= 0.3 is 0 Å². The van der Waals surface area contributed by atoms with Crippen molar-refractivity contribution in [2.45, 2.75) is 0 Å². The molecule has 0 spiro atoms. The van der Waals surface area contributed by atoms with Gasteiger partial charge in [-0.2, -0.15) is 0 Å². The number of aromatic nitrogens is 1. The molecule has 117 valence electrons. The molecule has 22 heavy (non-hydrogen) atoms. The van der Waals surface area contributed by atoms with E-state index in [1.165, 1.54) is 0 Å². The Morgan fingerprint density at radius 3 is 2.14 bits per heavy atom. The van der Waals surface area contributed by atoms with Gasteiger partial charge in [-0.3, -0.25) is 0 Å². The lowest BCUT2D eigenvalue weighted by molar-refractivity contribution is -0.198. The Kier molecular flexibility index (Phi) is 9.44. The summed E-state index contributed by atoms with van der Waals surface area (Å²) in [4.78, 5) is 5.66. The predicted molar refractivity (Wildman–Crippen MR) is 83.4 cm³/mol. The Morgan fingerprint density at radius 1 is 1.00 bits per heavy atom. The highest BCUT2D eigenvalue weighted by molar-refractivity contribution is 6.14. The summed E-state index contributed by atoms with van der Waals surface area (Å²) in [5.41, 5.74) is 1.03. The van der Waals surface area contributed by atoms with Gasteiger partial charge in [0.2, 0.25) is 7.69 Å². The van der Waals surface area contributed by atoms with Crippen molar-refractivity contribution in [3.05, 3.63) is 54.7 Å². The zero-order valence-corrected chi connectivity index (χ0v) is 12.2. The summed E-state index contributed by atoms with van der Waals surface area (Å²) in [5, 5.41) is 27.3. The number of hydrogen-bond acceptors (Lipinski definition) is 6. The van der Waals surface area contributed by atoms with Crippen LogP contribution < -0.4 is 14.6 Å². The lowest BCUT2D eigenvalue weighted by Crippen LogP contribution is -2.29. The van der Waals surface area contributed by atoms with Crippen LogP contribution in [0.2, 0.25) is 0 Å². The van der Waals surface area contributed by atoms with E-state index in [-0.39, 0.29) is 13.2 Å². The lowest BCUT2D eigenvalue weighted by Gasteiger charge is -2.22. The SMILES string of the molecule is OCCN(CCO)c1ccccc1.[O-][B]Oc1ccccn1. The smallest absolute Gasteiger partial charge is 0.246 e. The summed E-state index contributed by atoms with van der Waals surface area (Å²) >= 11 is 0. The molecule has 0 saturated carbocycles. The summed E-state index contributed by atoms with van der Waals surface area (Å²) in [6, 6.07) is 14.8. The highest BCUT2D eigenvalue weighted by atomic mass is 16.5. The van der Waals surface area contributed by atoms with Crippen LogP contribution in [0.15, 0.2) is 54.7 Å². The molecular weight excluding hydrogens is 283 g/mol. The largest absolute Gasteiger partial charge is 0.850 e. The Bertz CT molecular complexity index is 481. The average molecular weight is 302 g/mol. The first-order valence-electron chi connectivity index (χ1n) is 6.85. The minimum Gasteiger partial charge on any atom is -0.850 e. The van der Waals surface area contributed by atoms with Gasteiger partial charge < -0.3 is 24.8 Å². The van der Waals surface area contributed by atoms with Crippen molar-refractivity contribution in [1.82, 2.24) is 4.98 Å². The van der Waals surface area contributed by atoms with E-state index in [2.05, 4.69) is 9.64 Å². The minimum absolute atomic E-state index is 0.106. The molecule has 2 N–H and O–H groups in total. The second kappa shape index (κ2) is 11.6. The van der Waals surface area contributed by atoms with E-state index in [1.54, 1.807) is 24.4 Å². The number of nitrogens with zero attached hydrogens (tertiary/aromatic N) is 2. The molecule has 7 heteroatoms. The van der Waals surface area contributed by atoms with Gasteiger partial charge in [0.25, 0.3) is 0 Å². The molecule has 1 heterocycles. The van der Waals surface area contributed by atoms with Gasteiger partial charge in [-0.05, 0) is 24.3 Å². The van der Waals surface area contributed by atoms with E-state index in [0.29, 0.717) is 26.7 Å². The van der Waals surface area contributed by atoms with Gasteiger partial charge in [0.05, 0.1) is 13.2 Å². The fourth-order valence-corrected chi connectivity index (χ4v) is 1.72. The average Bonchev–Trinajstić information content (AvgIpc) is 2.57. The second-order valence-electron chi connectivity index (χ2n) is 4.15. The topological polar surface area (TPSA) is 88.9 Å². The van der Waals surface area contributed by atoms with Crippen molar-refractivity contribution in [3.63, 3.8) is 0 Å². The molecule has 1 aromatic carbocycles. The van der Waals surface area contributed by atoms with E-state index in [9.17, 15) is 5.02 Å². The number of hydrogen-bond donors (Lipinski definition) is 2. The molecule has 0 unspecified atom stereocenters. The van der Waals surface area contributed by atoms with E-state index < -0.39 is 0 Å². The van der Waals surface area contributed by atoms with Crippen LogP contribution in [0.3, 0.4) is 0 Å². The maximum Gasteiger partial charge on any atom is 0.246 e. The summed E-state index contributed by atoms with van der Waals surface area (Å²) in [6.45, 7) is 1.33. The number of anilines is 1. The van der Waals surface area contributed by atoms with Crippen LogP contribution in [0.4, 0.5) is 5.69 Å². The summed E-state index contributed by atoms with van der Waals surface area (Å²) in [6.07, 6.45) is 1.55. The molecule has 2 aromatic rings. The molecule has 0 aliphatic carbocycles. The van der Waals surface area contributed by atoms with Crippen molar-refractivity contribution >= 4 is 13.4 Å². The van der Waals surface area contributed by atoms with Crippen LogP contribution in [0.1, 0.15) is 0 Å². The van der Waals surface area contributed by atoms with Crippen molar-refractivity contribution in [2.75, 3.05) is 31.2 Å². The maximum absolute atomic E-state index is 9.71. The molecule has 0 saturated heterocycles. The lowest BCUT2D eigenvalue weighted by atomic mass is 10.3. The Hall–Kier alpha value is -2.09. The van der Waals surface area contributed by atoms with Crippen molar-refractivity contribution in [2.24, 2.45) is 0 Å². The Labute approximate surface area is 130 Å². The first-order valence-corrected chi connectivity index (χ1v) is 6.85. The van der Waals surface area contributed by atoms with Gasteiger partial charge in [-0.25, -0.2) is 4.98 Å². The van der Waals surface area contributed by atoms with Crippen LogP contribution >= 0.6 is 0 Å². The Balaban J connectivity index is 0.000000235. The number of benzene rings is 1. The molecule has 1 aromatic heterocycles. The van der Waals surface area contributed by atoms with Gasteiger partial charge in [-0.15, -0.1) is 0 Å². The van der Waals surface area contributed by atoms with Crippen LogP contribution in [0.5, 0.6) is 5.88 Å². The molecule has 0 bridgehead atoms. The van der Waals surface area contributed by atoms with E-state index in [1.807, 2.05) is 35.2 Å². The van der Waals surface area contributed by atoms with Gasteiger partial charge in [-0.1, -0.05) is 24.3 Å². The quantitative estimate of drug-likeness (QED) is 0.691. The maximum atomic E-state index is 9.71. The second-order valence-corrected chi connectivity index (χ2v) is 4.15. The molecule has 0 amide bonds. The number of aliphatic hydroxyl groups is 2. The molecule has 0 fully saturated rings. The van der Waals surface area contributed by atoms with Crippen molar-refractivity contribution in [3.8, 4) is 5.88 Å². The van der Waals surface area contributed by atoms with Crippen LogP contribution in [0, 0.1) is 0 Å². The van der Waals surface area contributed by atoms with Gasteiger partial charge in [0.15, 0.2) is 5.88 Å². The van der Waals surface area contributed by atoms with E-state index in [0.717, 1.165) is 5.69 Å². The zero-order chi connectivity index (χ0) is 16.0. The fourth-order valence-electron chi connectivity index (χ4n) is 1.72. The number of aliphatic hydroxyl groups excluding tert-OH is 2. The molecule has 2 rings (SSSR count). The van der Waals surface area contributed by atoms with E-state index in [4.69, 9.17) is 10.2 Å². The number of rotatable bonds is 7. The standard InChI is InChI=1S/C10H15NO2.C5H4BNO2/c12-8-6-11(7-9-13)10-4-2-1-3-5-10;8-6-9-5-3-1-2-4-7-5/h1-5,12-13H,6-9H2;1-4H/q;-1. The first kappa shape index (κ1) is 18.0. The highest BCUT2D eigenvalue weighted by Gasteiger charge is 2.02. The van der Waals surface area contributed by atoms with Crippen LogP contribution in [-0.4, -0.2) is 49.2 Å². The fraction of sp³-hybridized carbons (Fsp3) is 0.267. The number of para-hydroxylation sites is 1. The third-order valence-electron chi connectivity index (χ3n) is 2.67. The normalized spacial score (nSPS) is 9.41. The van der Waals surface area contributed by atoms with Gasteiger partial charge in [0, 0.05) is 25.0 Å². The molecular formula is C15H19BN2O4-. The van der Waals surface area contributed by atoms with Gasteiger partial charge in [0.1, 0.15) is 0 Å². The minimum atomic E-state index is 0.106. The summed E-state index contributed by atoms with van der Waals surface area (Å²) in [7, 11) is 0.350. The first-order chi connectivity index (χ1) is 10.8. The molecule has 0 aliphatic rings. The number of pyridine rings is 1. The predicted octanol–water partition coefficient (Wildman–Crippen LogP) is -0.168. The summed E-state index contributed by atoms with van der Waals surface area (Å²) < 4.78 is 4.41. The van der Waals surface area contributed by atoms with Crippen molar-refractivity contribution in [1.29, 1.82) is 0 Å². The van der Waals surface area contributed by atoms with Crippen LogP contribution in [-0.2, 0) is 0 Å². The summed E-state index contributed by atoms with van der Waals surface area (Å²) in [5.74, 6) is 0.326. The molecule has 0 atom stereocenters. The monoisotopic (exact) mass is 302 g/mol.